The maximum Gasteiger partial charge on any atom is 0.274 e. The molecule has 0 spiro atoms. The number of nitrogens with zero attached hydrogens (tertiary/aromatic N) is 2. The van der Waals surface area contributed by atoms with Gasteiger partial charge in [0, 0.05) is 31.5 Å². The molecular formula is C23H25FN2O3S. The van der Waals surface area contributed by atoms with E-state index in [0.717, 1.165) is 41.6 Å². The van der Waals surface area contributed by atoms with Crippen molar-refractivity contribution in [2.75, 3.05) is 19.7 Å². The SMILES string of the molecule is CCCCOc1ccc(C(=O)N2CCC(Oc3nc4ccc(F)cc4s3)CC2)cc1. The molecule has 1 saturated heterocycles. The Morgan fingerprint density at radius 3 is 2.70 bits per heavy atom. The second kappa shape index (κ2) is 9.43. The van der Waals surface area contributed by atoms with Crippen molar-refractivity contribution >= 4 is 27.5 Å². The fraction of sp³-hybridized carbons (Fsp3) is 0.391. The van der Waals surface area contributed by atoms with E-state index in [-0.39, 0.29) is 17.8 Å². The Bertz CT molecular complexity index is 997. The highest BCUT2D eigenvalue weighted by Gasteiger charge is 2.25. The number of thiazole rings is 1. The number of likely N-dealkylation sites (tertiary alicyclic amines) is 1. The van der Waals surface area contributed by atoms with E-state index in [1.807, 2.05) is 29.2 Å². The second-order valence-electron chi connectivity index (χ2n) is 7.43. The Labute approximate surface area is 179 Å². The van der Waals surface area contributed by atoms with Crippen molar-refractivity contribution in [2.45, 2.75) is 38.7 Å². The van der Waals surface area contributed by atoms with Crippen LogP contribution in [0.2, 0.25) is 0 Å². The van der Waals surface area contributed by atoms with E-state index in [9.17, 15) is 9.18 Å². The largest absolute Gasteiger partial charge is 0.494 e. The molecule has 2 heterocycles. The quantitative estimate of drug-likeness (QED) is 0.479. The number of benzene rings is 2. The van der Waals surface area contributed by atoms with Crippen LogP contribution in [0.1, 0.15) is 43.0 Å². The van der Waals surface area contributed by atoms with Gasteiger partial charge in [-0.15, -0.1) is 0 Å². The van der Waals surface area contributed by atoms with E-state index in [1.165, 1.54) is 23.5 Å². The number of carbonyl (C=O) groups excluding carboxylic acids is 1. The van der Waals surface area contributed by atoms with Gasteiger partial charge < -0.3 is 14.4 Å². The van der Waals surface area contributed by atoms with Crippen LogP contribution in [0.5, 0.6) is 10.9 Å². The Hall–Kier alpha value is -2.67. The van der Waals surface area contributed by atoms with Crippen LogP contribution in [0.4, 0.5) is 4.39 Å². The molecule has 2 aromatic carbocycles. The van der Waals surface area contributed by atoms with Crippen molar-refractivity contribution in [3.05, 3.63) is 53.8 Å². The van der Waals surface area contributed by atoms with Gasteiger partial charge in [0.15, 0.2) is 0 Å². The maximum absolute atomic E-state index is 13.3. The van der Waals surface area contributed by atoms with E-state index < -0.39 is 0 Å². The molecule has 0 unspecified atom stereocenters. The molecule has 5 nitrogen and oxygen atoms in total. The number of piperidine rings is 1. The van der Waals surface area contributed by atoms with Gasteiger partial charge in [-0.2, -0.15) is 0 Å². The molecule has 4 rings (SSSR count). The Morgan fingerprint density at radius 1 is 1.20 bits per heavy atom. The third kappa shape index (κ3) is 4.90. The van der Waals surface area contributed by atoms with Gasteiger partial charge in [-0.3, -0.25) is 4.79 Å². The molecule has 0 radical (unpaired) electrons. The van der Waals surface area contributed by atoms with Crippen LogP contribution >= 0.6 is 11.3 Å². The third-order valence-electron chi connectivity index (χ3n) is 5.20. The minimum Gasteiger partial charge on any atom is -0.494 e. The lowest BCUT2D eigenvalue weighted by Crippen LogP contribution is -2.41. The molecule has 0 N–H and O–H groups in total. The van der Waals surface area contributed by atoms with Crippen LogP contribution in [0, 0.1) is 5.82 Å². The van der Waals surface area contributed by atoms with Crippen LogP contribution in [0.15, 0.2) is 42.5 Å². The van der Waals surface area contributed by atoms with Gasteiger partial charge in [-0.1, -0.05) is 24.7 Å². The van der Waals surface area contributed by atoms with Gasteiger partial charge in [-0.25, -0.2) is 9.37 Å². The summed E-state index contributed by atoms with van der Waals surface area (Å²) in [7, 11) is 0. The highest BCUT2D eigenvalue weighted by molar-refractivity contribution is 7.20. The van der Waals surface area contributed by atoms with E-state index in [2.05, 4.69) is 11.9 Å². The summed E-state index contributed by atoms with van der Waals surface area (Å²) in [5, 5.41) is 0.555. The van der Waals surface area contributed by atoms with Crippen molar-refractivity contribution in [3.8, 4) is 10.9 Å². The second-order valence-corrected chi connectivity index (χ2v) is 8.42. The van der Waals surface area contributed by atoms with Crippen molar-refractivity contribution < 1.29 is 18.7 Å². The fourth-order valence-corrected chi connectivity index (χ4v) is 4.36. The molecule has 0 bridgehead atoms. The van der Waals surface area contributed by atoms with Gasteiger partial charge in [-0.05, 0) is 48.9 Å². The lowest BCUT2D eigenvalue weighted by molar-refractivity contribution is 0.0595. The number of aromatic nitrogens is 1. The first-order chi connectivity index (χ1) is 14.6. The summed E-state index contributed by atoms with van der Waals surface area (Å²) in [4.78, 5) is 19.1. The minimum absolute atomic E-state index is 0.00815. The van der Waals surface area contributed by atoms with Gasteiger partial charge in [0.1, 0.15) is 17.7 Å². The Kier molecular flexibility index (Phi) is 6.47. The number of carbonyl (C=O) groups is 1. The van der Waals surface area contributed by atoms with Crippen molar-refractivity contribution in [3.63, 3.8) is 0 Å². The summed E-state index contributed by atoms with van der Waals surface area (Å²) in [6.45, 7) is 4.09. The van der Waals surface area contributed by atoms with E-state index in [0.29, 0.717) is 30.5 Å². The molecular weight excluding hydrogens is 403 g/mol. The van der Waals surface area contributed by atoms with Crippen LogP contribution in [-0.2, 0) is 0 Å². The topological polar surface area (TPSA) is 51.7 Å². The fourth-order valence-electron chi connectivity index (χ4n) is 3.46. The summed E-state index contributed by atoms with van der Waals surface area (Å²) >= 11 is 1.35. The first kappa shape index (κ1) is 20.6. The molecule has 1 aliphatic heterocycles. The van der Waals surface area contributed by atoms with Crippen LogP contribution < -0.4 is 9.47 Å². The Morgan fingerprint density at radius 2 is 1.97 bits per heavy atom. The van der Waals surface area contributed by atoms with Gasteiger partial charge in [0.25, 0.3) is 11.1 Å². The van der Waals surface area contributed by atoms with Crippen LogP contribution in [0.3, 0.4) is 0 Å². The maximum atomic E-state index is 13.3. The zero-order chi connectivity index (χ0) is 20.9. The highest BCUT2D eigenvalue weighted by atomic mass is 32.1. The number of hydrogen-bond donors (Lipinski definition) is 0. The summed E-state index contributed by atoms with van der Waals surface area (Å²) in [6, 6.07) is 11.9. The first-order valence-corrected chi connectivity index (χ1v) is 11.2. The van der Waals surface area contributed by atoms with E-state index in [4.69, 9.17) is 9.47 Å². The van der Waals surface area contributed by atoms with Crippen LogP contribution in [0.25, 0.3) is 10.2 Å². The molecule has 0 atom stereocenters. The van der Waals surface area contributed by atoms with Crippen LogP contribution in [-0.4, -0.2) is 41.6 Å². The number of amides is 1. The lowest BCUT2D eigenvalue weighted by Gasteiger charge is -2.31. The molecule has 158 valence electrons. The van der Waals surface area contributed by atoms with E-state index >= 15 is 0 Å². The van der Waals surface area contributed by atoms with Crippen molar-refractivity contribution in [1.82, 2.24) is 9.88 Å². The third-order valence-corrected chi connectivity index (χ3v) is 6.10. The number of halogens is 1. The van der Waals surface area contributed by atoms with Crippen molar-refractivity contribution in [1.29, 1.82) is 0 Å². The number of ether oxygens (including phenoxy) is 2. The number of fused-ring (bicyclic) bond motifs is 1. The standard InChI is InChI=1S/C23H25FN2O3S/c1-2-3-14-28-18-7-4-16(5-8-18)22(27)26-12-10-19(11-13-26)29-23-25-20-9-6-17(24)15-21(20)30-23/h4-9,15,19H,2-3,10-14H2,1H3. The number of unbranched alkanes of at least 4 members (excludes halogenated alkanes) is 1. The molecule has 7 heteroatoms. The zero-order valence-corrected chi connectivity index (χ0v) is 17.8. The van der Waals surface area contributed by atoms with E-state index in [1.54, 1.807) is 6.07 Å². The van der Waals surface area contributed by atoms with Gasteiger partial charge in [0.2, 0.25) is 0 Å². The molecule has 1 fully saturated rings. The molecule has 0 saturated carbocycles. The molecule has 1 aliphatic rings. The van der Waals surface area contributed by atoms with Crippen molar-refractivity contribution in [2.24, 2.45) is 0 Å². The first-order valence-electron chi connectivity index (χ1n) is 10.4. The molecule has 3 aromatic rings. The summed E-state index contributed by atoms with van der Waals surface area (Å²) in [6.07, 6.45) is 3.61. The normalized spacial score (nSPS) is 14.8. The lowest BCUT2D eigenvalue weighted by atomic mass is 10.1. The zero-order valence-electron chi connectivity index (χ0n) is 17.0. The monoisotopic (exact) mass is 428 g/mol. The predicted molar refractivity (Wildman–Crippen MR) is 116 cm³/mol. The summed E-state index contributed by atoms with van der Waals surface area (Å²) < 4.78 is 25.8. The Balaban J connectivity index is 1.29. The predicted octanol–water partition coefficient (Wildman–Crippen LogP) is 5.30. The number of hydrogen-bond acceptors (Lipinski definition) is 5. The molecule has 1 aromatic heterocycles. The average Bonchev–Trinajstić information content (AvgIpc) is 3.16. The number of rotatable bonds is 7. The minimum atomic E-state index is -0.273. The summed E-state index contributed by atoms with van der Waals surface area (Å²) in [5.41, 5.74) is 1.41. The van der Waals surface area contributed by atoms with Gasteiger partial charge >= 0.3 is 0 Å². The van der Waals surface area contributed by atoms with Gasteiger partial charge in [0.05, 0.1) is 16.8 Å². The molecule has 0 aliphatic carbocycles. The molecule has 1 amide bonds. The summed E-state index contributed by atoms with van der Waals surface area (Å²) in [5.74, 6) is 0.553. The average molecular weight is 429 g/mol. The molecule has 30 heavy (non-hydrogen) atoms. The highest BCUT2D eigenvalue weighted by Crippen LogP contribution is 2.30. The smallest absolute Gasteiger partial charge is 0.274 e.